The molecule has 1 atom stereocenters. The number of rotatable bonds is 6. The number of hydrogen-bond donors (Lipinski definition) is 2. The van der Waals surface area contributed by atoms with Crippen LogP contribution < -0.4 is 15.4 Å². The minimum atomic E-state index is -4.56. The fraction of sp³-hybridized carbons (Fsp3) is 0.350. The number of ether oxygens (including phenoxy) is 1. The van der Waals surface area contributed by atoms with Gasteiger partial charge in [0.1, 0.15) is 6.10 Å². The van der Waals surface area contributed by atoms with E-state index >= 15 is 0 Å². The van der Waals surface area contributed by atoms with E-state index in [9.17, 15) is 18.0 Å². The number of hydrogen-bond acceptors (Lipinski definition) is 8. The molecular formula is C20H19F3N6O2S. The molecule has 0 spiro atoms. The van der Waals surface area contributed by atoms with Gasteiger partial charge in [-0.25, -0.2) is 9.97 Å². The summed E-state index contributed by atoms with van der Waals surface area (Å²) in [6.45, 7) is 3.38. The van der Waals surface area contributed by atoms with Crippen LogP contribution in [0, 0.1) is 6.92 Å². The number of carbonyl (C=O) groups excluding carboxylic acids is 1. The Labute approximate surface area is 185 Å². The van der Waals surface area contributed by atoms with E-state index in [-0.39, 0.29) is 18.4 Å². The minimum absolute atomic E-state index is 0.0818. The molecule has 12 heteroatoms. The van der Waals surface area contributed by atoms with E-state index in [1.165, 1.54) is 6.20 Å². The van der Waals surface area contributed by atoms with Crippen LogP contribution in [0.25, 0.3) is 0 Å². The number of aryl methyl sites for hydroxylation is 1. The van der Waals surface area contributed by atoms with Crippen molar-refractivity contribution < 1.29 is 22.7 Å². The van der Waals surface area contributed by atoms with E-state index in [2.05, 4.69) is 30.0 Å². The Morgan fingerprint density at radius 3 is 2.72 bits per heavy atom. The zero-order valence-electron chi connectivity index (χ0n) is 16.9. The van der Waals surface area contributed by atoms with Crippen molar-refractivity contribution in [2.75, 3.05) is 18.4 Å². The normalized spacial score (nSPS) is 16.2. The maximum atomic E-state index is 12.9. The summed E-state index contributed by atoms with van der Waals surface area (Å²) in [5.41, 5.74) is 0.597. The van der Waals surface area contributed by atoms with Gasteiger partial charge in [-0.15, -0.1) is 0 Å². The molecule has 32 heavy (non-hydrogen) atoms. The Hall–Kier alpha value is -3.12. The molecule has 4 heterocycles. The summed E-state index contributed by atoms with van der Waals surface area (Å²) < 4.78 is 48.0. The quantitative estimate of drug-likeness (QED) is 0.578. The highest BCUT2D eigenvalue weighted by atomic mass is 32.1. The molecule has 168 valence electrons. The molecule has 8 nitrogen and oxygen atoms in total. The Morgan fingerprint density at radius 2 is 2.09 bits per heavy atom. The average Bonchev–Trinajstić information content (AvgIpc) is 3.39. The van der Waals surface area contributed by atoms with E-state index in [1.807, 2.05) is 0 Å². The summed E-state index contributed by atoms with van der Waals surface area (Å²) in [5, 5.41) is 5.98. The van der Waals surface area contributed by atoms with Gasteiger partial charge in [0.25, 0.3) is 5.91 Å². The lowest BCUT2D eigenvalue weighted by Crippen LogP contribution is -2.20. The number of anilines is 1. The van der Waals surface area contributed by atoms with Crippen LogP contribution in [0.3, 0.4) is 0 Å². The highest BCUT2D eigenvalue weighted by molar-refractivity contribution is 7.06. The molecule has 1 aliphatic rings. The maximum absolute atomic E-state index is 12.9. The SMILES string of the molecule is Cc1nsc(Cc2cnc(C(F)(F)F)cn2)c1C(=O)Nc1ccc(O[C@@H]2CCNC2)nc1. The molecular weight excluding hydrogens is 445 g/mol. The zero-order valence-corrected chi connectivity index (χ0v) is 17.8. The van der Waals surface area contributed by atoms with Gasteiger partial charge in [-0.2, -0.15) is 17.5 Å². The second-order valence-corrected chi connectivity index (χ2v) is 8.06. The number of carbonyl (C=O) groups is 1. The summed E-state index contributed by atoms with van der Waals surface area (Å²) in [4.78, 5) is 24.9. The van der Waals surface area contributed by atoms with Crippen LogP contribution in [0.2, 0.25) is 0 Å². The Kier molecular flexibility index (Phi) is 6.33. The topological polar surface area (TPSA) is 102 Å². The van der Waals surface area contributed by atoms with Crippen molar-refractivity contribution >= 4 is 23.1 Å². The molecule has 0 aliphatic carbocycles. The van der Waals surface area contributed by atoms with Gasteiger partial charge in [0.2, 0.25) is 5.88 Å². The first-order chi connectivity index (χ1) is 15.3. The summed E-state index contributed by atoms with van der Waals surface area (Å²) in [5.74, 6) is 0.0910. The summed E-state index contributed by atoms with van der Waals surface area (Å²) in [6, 6.07) is 3.38. The smallest absolute Gasteiger partial charge is 0.434 e. The molecule has 1 fully saturated rings. The molecule has 2 N–H and O–H groups in total. The summed E-state index contributed by atoms with van der Waals surface area (Å²) in [6.07, 6.45) is -0.178. The van der Waals surface area contributed by atoms with E-state index in [0.717, 1.165) is 37.2 Å². The number of nitrogens with one attached hydrogen (secondary N) is 2. The van der Waals surface area contributed by atoms with Gasteiger partial charge in [0.05, 0.1) is 35.0 Å². The molecule has 3 aromatic heterocycles. The van der Waals surface area contributed by atoms with Crippen molar-refractivity contribution in [1.82, 2.24) is 24.6 Å². The van der Waals surface area contributed by atoms with Gasteiger partial charge < -0.3 is 15.4 Å². The van der Waals surface area contributed by atoms with Crippen molar-refractivity contribution in [1.29, 1.82) is 0 Å². The fourth-order valence-corrected chi connectivity index (χ4v) is 4.08. The fourth-order valence-electron chi connectivity index (χ4n) is 3.20. The number of amides is 1. The van der Waals surface area contributed by atoms with Gasteiger partial charge in [0, 0.05) is 30.1 Å². The van der Waals surface area contributed by atoms with E-state index < -0.39 is 11.9 Å². The first-order valence-corrected chi connectivity index (χ1v) is 10.5. The first-order valence-electron chi connectivity index (χ1n) is 9.77. The minimum Gasteiger partial charge on any atom is -0.473 e. The molecule has 0 saturated carbocycles. The molecule has 1 aliphatic heterocycles. The van der Waals surface area contributed by atoms with Gasteiger partial charge in [0.15, 0.2) is 5.69 Å². The molecule has 3 aromatic rings. The van der Waals surface area contributed by atoms with Crippen molar-refractivity contribution in [3.63, 3.8) is 0 Å². The molecule has 4 rings (SSSR count). The van der Waals surface area contributed by atoms with Crippen LogP contribution >= 0.6 is 11.5 Å². The molecule has 0 bridgehead atoms. The van der Waals surface area contributed by atoms with Gasteiger partial charge in [-0.1, -0.05) is 0 Å². The number of halogens is 3. The van der Waals surface area contributed by atoms with Gasteiger partial charge in [-0.05, 0) is 37.5 Å². The maximum Gasteiger partial charge on any atom is 0.434 e. The van der Waals surface area contributed by atoms with Gasteiger partial charge >= 0.3 is 6.18 Å². The van der Waals surface area contributed by atoms with E-state index in [4.69, 9.17) is 4.74 Å². The van der Waals surface area contributed by atoms with Crippen LogP contribution in [-0.2, 0) is 12.6 Å². The second-order valence-electron chi connectivity index (χ2n) is 7.21. The highest BCUT2D eigenvalue weighted by Crippen LogP contribution is 2.27. The first kappa shape index (κ1) is 22.1. The number of nitrogens with zero attached hydrogens (tertiary/aromatic N) is 4. The lowest BCUT2D eigenvalue weighted by Gasteiger charge is -2.12. The second kappa shape index (κ2) is 9.17. The average molecular weight is 464 g/mol. The van der Waals surface area contributed by atoms with E-state index in [1.54, 1.807) is 19.1 Å². The third-order valence-corrected chi connectivity index (χ3v) is 5.73. The molecule has 0 radical (unpaired) electrons. The molecule has 1 saturated heterocycles. The zero-order chi connectivity index (χ0) is 22.7. The van der Waals surface area contributed by atoms with E-state index in [0.29, 0.717) is 39.6 Å². The summed E-state index contributed by atoms with van der Waals surface area (Å²) in [7, 11) is 0. The number of pyridine rings is 1. The molecule has 0 aromatic carbocycles. The van der Waals surface area contributed by atoms with Crippen LogP contribution in [-0.4, -0.2) is 44.4 Å². The lowest BCUT2D eigenvalue weighted by molar-refractivity contribution is -0.141. The molecule has 1 amide bonds. The largest absolute Gasteiger partial charge is 0.473 e. The van der Waals surface area contributed by atoms with Crippen LogP contribution in [0.1, 0.15) is 38.7 Å². The molecule has 0 unspecified atom stereocenters. The number of alkyl halides is 3. The van der Waals surface area contributed by atoms with Crippen molar-refractivity contribution in [3.8, 4) is 5.88 Å². The lowest BCUT2D eigenvalue weighted by atomic mass is 10.1. The summed E-state index contributed by atoms with van der Waals surface area (Å²) >= 11 is 1.10. The van der Waals surface area contributed by atoms with Crippen LogP contribution in [0.4, 0.5) is 18.9 Å². The Balaban J connectivity index is 1.43. The van der Waals surface area contributed by atoms with Crippen molar-refractivity contribution in [2.45, 2.75) is 32.0 Å². The third-order valence-electron chi connectivity index (χ3n) is 4.79. The van der Waals surface area contributed by atoms with Crippen LogP contribution in [0.5, 0.6) is 5.88 Å². The third kappa shape index (κ3) is 5.19. The van der Waals surface area contributed by atoms with Gasteiger partial charge in [-0.3, -0.25) is 9.78 Å². The predicted octanol–water partition coefficient (Wildman–Crippen LogP) is 3.24. The number of aromatic nitrogens is 4. The van der Waals surface area contributed by atoms with Crippen molar-refractivity contribution in [2.24, 2.45) is 0 Å². The van der Waals surface area contributed by atoms with Crippen LogP contribution in [0.15, 0.2) is 30.7 Å². The Morgan fingerprint density at radius 1 is 1.25 bits per heavy atom. The highest BCUT2D eigenvalue weighted by Gasteiger charge is 2.32. The predicted molar refractivity (Wildman–Crippen MR) is 111 cm³/mol. The monoisotopic (exact) mass is 464 g/mol. The standard InChI is InChI=1S/C20H19F3N6O2S/c1-11-18(15(32-29-11)6-13-8-26-16(10-25-13)20(21,22)23)19(30)28-12-2-3-17(27-7-12)31-14-4-5-24-9-14/h2-3,7-8,10,14,24H,4-6,9H2,1H3,(H,28,30)/t14-/m1/s1. The van der Waals surface area contributed by atoms with Crippen molar-refractivity contribution in [3.05, 3.63) is 58.2 Å². The Bertz CT molecular complexity index is 1080.